The summed E-state index contributed by atoms with van der Waals surface area (Å²) in [4.78, 5) is 30.4. The van der Waals surface area contributed by atoms with Crippen LogP contribution >= 0.6 is 11.6 Å². The Morgan fingerprint density at radius 2 is 1.58 bits per heavy atom. The number of alkyl halides is 3. The van der Waals surface area contributed by atoms with Crippen LogP contribution in [0.25, 0.3) is 0 Å². The highest BCUT2D eigenvalue weighted by atomic mass is 35.5. The molecule has 0 bridgehead atoms. The van der Waals surface area contributed by atoms with Crippen LogP contribution in [0.2, 0.25) is 5.02 Å². The minimum atomic E-state index is -4.34. The van der Waals surface area contributed by atoms with E-state index in [-0.39, 0.29) is 28.0 Å². The van der Waals surface area contributed by atoms with Gasteiger partial charge >= 0.3 is 6.18 Å². The summed E-state index contributed by atoms with van der Waals surface area (Å²) in [5.74, 6) is -1.31. The number of anilines is 1. The summed E-state index contributed by atoms with van der Waals surface area (Å²) >= 11 is 6.08. The molecule has 6 rings (SSSR count). The molecule has 1 atom stereocenters. The van der Waals surface area contributed by atoms with Crippen molar-refractivity contribution in [2.45, 2.75) is 50.7 Å². The largest absolute Gasteiger partial charge is 0.416 e. The lowest BCUT2D eigenvalue weighted by molar-refractivity contribution is -0.137. The van der Waals surface area contributed by atoms with Crippen LogP contribution in [0.4, 0.5) is 23.2 Å². The van der Waals surface area contributed by atoms with E-state index in [4.69, 9.17) is 11.6 Å². The molecule has 0 aromatic heterocycles. The number of halogens is 5. The molecule has 3 aromatic rings. The molecule has 1 unspecified atom stereocenters. The smallest absolute Gasteiger partial charge is 0.371 e. The molecule has 2 fully saturated rings. The third-order valence-electron chi connectivity index (χ3n) is 9.46. The average molecular weight is 614 g/mol. The maximum atomic E-state index is 14.3. The van der Waals surface area contributed by atoms with E-state index in [1.807, 2.05) is 23.1 Å². The molecule has 226 valence electrons. The second-order valence-corrected chi connectivity index (χ2v) is 12.3. The normalized spacial score (nSPS) is 19.8. The molecule has 1 aliphatic carbocycles. The standard InChI is InChI=1S/C33H32ClF4N3O2/c34-26-2-1-3-27(35)29(26)30(42)39-28-11-6-21-4-5-22(20-25(21)28)31(43)41-18-14-32(15-19-41)12-16-40(17-13-32)24-9-7-23(8-10-24)33(36,37)38/h1-5,7-10,20,28H,6,11-19H2,(H,39,42). The Morgan fingerprint density at radius 1 is 0.907 bits per heavy atom. The maximum Gasteiger partial charge on any atom is 0.416 e. The van der Waals surface area contributed by atoms with Crippen molar-refractivity contribution in [1.82, 2.24) is 10.2 Å². The predicted molar refractivity (Wildman–Crippen MR) is 157 cm³/mol. The Morgan fingerprint density at radius 3 is 2.23 bits per heavy atom. The van der Waals surface area contributed by atoms with Gasteiger partial charge in [0.05, 0.1) is 22.2 Å². The van der Waals surface area contributed by atoms with Crippen molar-refractivity contribution in [2.24, 2.45) is 5.41 Å². The van der Waals surface area contributed by atoms with Crippen LogP contribution in [-0.2, 0) is 12.6 Å². The van der Waals surface area contributed by atoms with Crippen molar-refractivity contribution in [1.29, 1.82) is 0 Å². The molecule has 43 heavy (non-hydrogen) atoms. The molecule has 5 nitrogen and oxygen atoms in total. The van der Waals surface area contributed by atoms with Crippen molar-refractivity contribution in [3.05, 3.63) is 99.3 Å². The first-order valence-electron chi connectivity index (χ1n) is 14.6. The fourth-order valence-corrected chi connectivity index (χ4v) is 7.05. The van der Waals surface area contributed by atoms with Gasteiger partial charge in [-0.1, -0.05) is 23.7 Å². The van der Waals surface area contributed by atoms with Gasteiger partial charge in [0, 0.05) is 37.4 Å². The molecule has 2 amide bonds. The molecule has 0 saturated carbocycles. The summed E-state index contributed by atoms with van der Waals surface area (Å²) in [6.07, 6.45) is 0.686. The van der Waals surface area contributed by atoms with E-state index in [1.165, 1.54) is 18.2 Å². The zero-order valence-corrected chi connectivity index (χ0v) is 24.3. The maximum absolute atomic E-state index is 14.3. The van der Waals surface area contributed by atoms with Gasteiger partial charge in [-0.3, -0.25) is 9.59 Å². The van der Waals surface area contributed by atoms with Crippen molar-refractivity contribution in [3.8, 4) is 0 Å². The van der Waals surface area contributed by atoms with Crippen LogP contribution < -0.4 is 10.2 Å². The monoisotopic (exact) mass is 613 g/mol. The number of aryl methyl sites for hydroxylation is 1. The number of piperidine rings is 2. The lowest BCUT2D eigenvalue weighted by Crippen LogP contribution is -2.48. The molecule has 10 heteroatoms. The van der Waals surface area contributed by atoms with Crippen LogP contribution in [0.3, 0.4) is 0 Å². The summed E-state index contributed by atoms with van der Waals surface area (Å²) in [5.41, 5.74) is 2.60. The van der Waals surface area contributed by atoms with Crippen molar-refractivity contribution < 1.29 is 27.2 Å². The Kier molecular flexibility index (Phi) is 7.87. The van der Waals surface area contributed by atoms with Crippen LogP contribution in [0.15, 0.2) is 60.7 Å². The number of rotatable bonds is 4. The number of likely N-dealkylation sites (tertiary alicyclic amines) is 1. The van der Waals surface area contributed by atoms with E-state index in [0.29, 0.717) is 25.1 Å². The quantitative estimate of drug-likeness (QED) is 0.311. The molecule has 2 heterocycles. The SMILES string of the molecule is O=C(NC1CCc2ccc(C(=O)N3CCC4(CC3)CCN(c3ccc(C(F)(F)F)cc3)CC4)cc21)c1c(F)cccc1Cl. The van der Waals surface area contributed by atoms with Gasteiger partial charge in [-0.05, 0) is 104 Å². The summed E-state index contributed by atoms with van der Waals surface area (Å²) < 4.78 is 53.1. The molecule has 3 aromatic carbocycles. The zero-order valence-electron chi connectivity index (χ0n) is 23.5. The number of carbonyl (C=O) groups is 2. The highest BCUT2D eigenvalue weighted by Gasteiger charge is 2.39. The van der Waals surface area contributed by atoms with Gasteiger partial charge < -0.3 is 15.1 Å². The molecule has 0 radical (unpaired) electrons. The number of hydrogen-bond acceptors (Lipinski definition) is 3. The van der Waals surface area contributed by atoms with Crippen LogP contribution in [-0.4, -0.2) is 42.9 Å². The topological polar surface area (TPSA) is 52.7 Å². The van der Waals surface area contributed by atoms with E-state index in [9.17, 15) is 27.2 Å². The van der Waals surface area contributed by atoms with Gasteiger partial charge in [0.2, 0.25) is 0 Å². The predicted octanol–water partition coefficient (Wildman–Crippen LogP) is 7.44. The third kappa shape index (κ3) is 5.96. The van der Waals surface area contributed by atoms with Crippen molar-refractivity contribution in [3.63, 3.8) is 0 Å². The Bertz CT molecular complexity index is 1500. The average Bonchev–Trinajstić information content (AvgIpc) is 3.39. The first-order chi connectivity index (χ1) is 20.5. The van der Waals surface area contributed by atoms with Crippen LogP contribution in [0.5, 0.6) is 0 Å². The van der Waals surface area contributed by atoms with Gasteiger partial charge in [-0.25, -0.2) is 4.39 Å². The first kappa shape index (κ1) is 29.5. The lowest BCUT2D eigenvalue weighted by Gasteiger charge is -2.47. The van der Waals surface area contributed by atoms with Gasteiger partial charge in [0.25, 0.3) is 11.8 Å². The number of nitrogens with zero attached hydrogens (tertiary/aromatic N) is 2. The van der Waals surface area contributed by atoms with Crippen LogP contribution in [0.1, 0.15) is 75.6 Å². The second-order valence-electron chi connectivity index (χ2n) is 11.9. The molecular weight excluding hydrogens is 582 g/mol. The first-order valence-corrected chi connectivity index (χ1v) is 15.0. The van der Waals surface area contributed by atoms with E-state index < -0.39 is 23.5 Å². The van der Waals surface area contributed by atoms with Crippen LogP contribution in [0, 0.1) is 11.2 Å². The fourth-order valence-electron chi connectivity index (χ4n) is 6.80. The summed E-state index contributed by atoms with van der Waals surface area (Å²) in [7, 11) is 0. The van der Waals surface area contributed by atoms with E-state index in [2.05, 4.69) is 10.2 Å². The molecule has 1 spiro atoms. The highest BCUT2D eigenvalue weighted by Crippen LogP contribution is 2.43. The molecule has 1 N–H and O–H groups in total. The summed E-state index contributed by atoms with van der Waals surface area (Å²) in [5, 5.41) is 2.95. The zero-order chi connectivity index (χ0) is 30.4. The van der Waals surface area contributed by atoms with Crippen molar-refractivity contribution in [2.75, 3.05) is 31.1 Å². The van der Waals surface area contributed by atoms with Gasteiger partial charge in [0.15, 0.2) is 0 Å². The Hall–Kier alpha value is -3.59. The number of nitrogens with one attached hydrogen (secondary N) is 1. The summed E-state index contributed by atoms with van der Waals surface area (Å²) in [6, 6.07) is 14.8. The van der Waals surface area contributed by atoms with E-state index in [1.54, 1.807) is 12.1 Å². The molecule has 3 aliphatic rings. The number of hydrogen-bond donors (Lipinski definition) is 1. The Balaban J connectivity index is 1.06. The van der Waals surface area contributed by atoms with Gasteiger partial charge in [-0.15, -0.1) is 0 Å². The molecule has 2 saturated heterocycles. The summed E-state index contributed by atoms with van der Waals surface area (Å²) in [6.45, 7) is 2.83. The van der Waals surface area contributed by atoms with Gasteiger partial charge in [0.1, 0.15) is 5.82 Å². The number of carbonyl (C=O) groups excluding carboxylic acids is 2. The third-order valence-corrected chi connectivity index (χ3v) is 9.78. The fraction of sp³-hybridized carbons (Fsp3) is 0.394. The number of benzene rings is 3. The number of fused-ring (bicyclic) bond motifs is 1. The Labute approximate surface area is 252 Å². The van der Waals surface area contributed by atoms with Gasteiger partial charge in [-0.2, -0.15) is 13.2 Å². The van der Waals surface area contributed by atoms with Crippen molar-refractivity contribution >= 4 is 29.1 Å². The minimum absolute atomic E-state index is 0.0473. The van der Waals surface area contributed by atoms with E-state index >= 15 is 0 Å². The minimum Gasteiger partial charge on any atom is -0.371 e. The van der Waals surface area contributed by atoms with E-state index in [0.717, 1.165) is 74.1 Å². The molecule has 2 aliphatic heterocycles. The second kappa shape index (κ2) is 11.5. The lowest BCUT2D eigenvalue weighted by atomic mass is 9.71. The highest BCUT2D eigenvalue weighted by molar-refractivity contribution is 6.33. The molecular formula is C33H32ClF4N3O2. The number of amides is 2.